The lowest BCUT2D eigenvalue weighted by atomic mass is 10.1. The zero-order valence-corrected chi connectivity index (χ0v) is 16.0. The molecule has 0 bridgehead atoms. The van der Waals surface area contributed by atoms with Gasteiger partial charge in [-0.1, -0.05) is 16.8 Å². The van der Waals surface area contributed by atoms with Gasteiger partial charge in [0.25, 0.3) is 0 Å². The molecule has 146 valence electrons. The van der Waals surface area contributed by atoms with E-state index in [1.807, 2.05) is 6.92 Å². The lowest BCUT2D eigenvalue weighted by Crippen LogP contribution is -2.18. The Hall–Kier alpha value is -2.90. The van der Waals surface area contributed by atoms with Crippen LogP contribution in [0.2, 0.25) is 5.02 Å². The number of methoxy groups -OCH3 is 1. The fourth-order valence-electron chi connectivity index (χ4n) is 2.49. The average Bonchev–Trinajstić information content (AvgIpc) is 3.14. The average molecular weight is 405 g/mol. The van der Waals surface area contributed by atoms with E-state index >= 15 is 0 Å². The Bertz CT molecular complexity index is 973. The first-order valence-electron chi connectivity index (χ1n) is 8.39. The minimum absolute atomic E-state index is 0.0922. The Labute approximate surface area is 166 Å². The highest BCUT2D eigenvalue weighted by molar-refractivity contribution is 6.31. The normalized spacial score (nSPS) is 10.7. The summed E-state index contributed by atoms with van der Waals surface area (Å²) in [5.41, 5.74) is 2.54. The van der Waals surface area contributed by atoms with E-state index in [9.17, 15) is 9.18 Å². The summed E-state index contributed by atoms with van der Waals surface area (Å²) in [5.74, 6) is 0.279. The van der Waals surface area contributed by atoms with E-state index in [0.717, 1.165) is 5.56 Å². The van der Waals surface area contributed by atoms with Crippen LogP contribution in [-0.2, 0) is 16.1 Å². The molecule has 0 spiro atoms. The van der Waals surface area contributed by atoms with Crippen molar-refractivity contribution in [1.82, 2.24) is 5.16 Å². The van der Waals surface area contributed by atoms with Gasteiger partial charge in [0.05, 0.1) is 19.4 Å². The number of amides is 1. The molecule has 0 aliphatic rings. The number of nitrogens with one attached hydrogen (secondary N) is 1. The number of hydrogen-bond acceptors (Lipinski definition) is 5. The molecule has 8 heteroatoms. The van der Waals surface area contributed by atoms with Gasteiger partial charge in [-0.2, -0.15) is 0 Å². The van der Waals surface area contributed by atoms with E-state index < -0.39 is 0 Å². The third-order valence-corrected chi connectivity index (χ3v) is 4.33. The minimum atomic E-state index is -0.345. The molecule has 0 unspecified atom stereocenters. The highest BCUT2D eigenvalue weighted by Crippen LogP contribution is 2.30. The molecule has 1 aromatic heterocycles. The molecule has 0 aliphatic carbocycles. The van der Waals surface area contributed by atoms with Crippen molar-refractivity contribution in [1.29, 1.82) is 0 Å². The number of anilines is 1. The third-order valence-electron chi connectivity index (χ3n) is 3.93. The minimum Gasteiger partial charge on any atom is -0.495 e. The molecule has 0 saturated heterocycles. The second-order valence-electron chi connectivity index (χ2n) is 6.03. The molecule has 1 heterocycles. The van der Waals surface area contributed by atoms with Crippen LogP contribution in [0.3, 0.4) is 0 Å². The van der Waals surface area contributed by atoms with Crippen molar-refractivity contribution in [2.75, 3.05) is 19.0 Å². The Morgan fingerprint density at radius 2 is 2.00 bits per heavy atom. The molecule has 0 saturated carbocycles. The number of rotatable bonds is 7. The predicted octanol–water partition coefficient (Wildman–Crippen LogP) is 4.61. The van der Waals surface area contributed by atoms with Gasteiger partial charge in [-0.25, -0.2) is 4.39 Å². The van der Waals surface area contributed by atoms with E-state index in [1.54, 1.807) is 30.3 Å². The van der Waals surface area contributed by atoms with Gasteiger partial charge in [-0.05, 0) is 42.8 Å². The van der Waals surface area contributed by atoms with Crippen molar-refractivity contribution in [3.63, 3.8) is 0 Å². The van der Waals surface area contributed by atoms with Crippen molar-refractivity contribution in [2.24, 2.45) is 0 Å². The zero-order valence-electron chi connectivity index (χ0n) is 15.3. The molecule has 6 nitrogen and oxygen atoms in total. The first-order chi connectivity index (χ1) is 13.5. The van der Waals surface area contributed by atoms with Gasteiger partial charge in [0, 0.05) is 22.7 Å². The number of aromatic nitrogens is 1. The first-order valence-corrected chi connectivity index (χ1v) is 8.77. The van der Waals surface area contributed by atoms with Crippen molar-refractivity contribution < 1.29 is 23.2 Å². The zero-order chi connectivity index (χ0) is 20.1. The van der Waals surface area contributed by atoms with Gasteiger partial charge >= 0.3 is 0 Å². The summed E-state index contributed by atoms with van der Waals surface area (Å²) >= 11 is 6.05. The topological polar surface area (TPSA) is 73.6 Å². The maximum atomic E-state index is 13.0. The lowest BCUT2D eigenvalue weighted by molar-refractivity contribution is -0.121. The van der Waals surface area contributed by atoms with Gasteiger partial charge in [-0.15, -0.1) is 0 Å². The number of nitrogens with zero attached hydrogens (tertiary/aromatic N) is 1. The monoisotopic (exact) mass is 404 g/mol. The Morgan fingerprint density at radius 1 is 1.25 bits per heavy atom. The molecule has 1 N–H and O–H groups in total. The van der Waals surface area contributed by atoms with E-state index in [4.69, 9.17) is 25.6 Å². The van der Waals surface area contributed by atoms with Crippen molar-refractivity contribution in [3.8, 4) is 17.1 Å². The van der Waals surface area contributed by atoms with Crippen LogP contribution < -0.4 is 10.1 Å². The SMILES string of the molecule is COc1cc(Cl)c(C)cc1NC(=O)COCc1cc(-c2ccc(F)cc2)on1. The Kier molecular flexibility index (Phi) is 6.28. The summed E-state index contributed by atoms with van der Waals surface area (Å²) in [4.78, 5) is 12.1. The van der Waals surface area contributed by atoms with Crippen LogP contribution in [0.25, 0.3) is 11.3 Å². The van der Waals surface area contributed by atoms with Crippen molar-refractivity contribution >= 4 is 23.2 Å². The summed E-state index contributed by atoms with van der Waals surface area (Å²) in [6.45, 7) is 1.75. The van der Waals surface area contributed by atoms with E-state index in [0.29, 0.717) is 33.5 Å². The number of carbonyl (C=O) groups excluding carboxylic acids is 1. The molecule has 0 fully saturated rings. The van der Waals surface area contributed by atoms with Gasteiger partial charge in [0.1, 0.15) is 23.9 Å². The van der Waals surface area contributed by atoms with E-state index in [1.165, 1.54) is 19.2 Å². The fraction of sp³-hybridized carbons (Fsp3) is 0.200. The standard InChI is InChI=1S/C20H18ClFN2O4/c1-12-7-17(19(26-2)9-16(12)21)23-20(25)11-27-10-15-8-18(28-24-15)13-3-5-14(22)6-4-13/h3-9H,10-11H2,1-2H3,(H,23,25). The number of ether oxygens (including phenoxy) is 2. The van der Waals surface area contributed by atoms with Crippen LogP contribution in [-0.4, -0.2) is 24.8 Å². The third kappa shape index (κ3) is 4.88. The second-order valence-corrected chi connectivity index (χ2v) is 6.44. The molecule has 3 rings (SSSR count). The van der Waals surface area contributed by atoms with Crippen LogP contribution in [0.5, 0.6) is 5.75 Å². The van der Waals surface area contributed by atoms with E-state index in [-0.39, 0.29) is 24.9 Å². The van der Waals surface area contributed by atoms with Gasteiger partial charge in [0.15, 0.2) is 5.76 Å². The summed E-state index contributed by atoms with van der Waals surface area (Å²) < 4.78 is 28.8. The molecule has 0 radical (unpaired) electrons. The van der Waals surface area contributed by atoms with Crippen LogP contribution in [0.4, 0.5) is 10.1 Å². The number of benzene rings is 2. The highest BCUT2D eigenvalue weighted by atomic mass is 35.5. The summed E-state index contributed by atoms with van der Waals surface area (Å²) in [5, 5.41) is 7.16. The van der Waals surface area contributed by atoms with Crippen LogP contribution in [0.1, 0.15) is 11.3 Å². The van der Waals surface area contributed by atoms with Crippen LogP contribution in [0.15, 0.2) is 47.0 Å². The van der Waals surface area contributed by atoms with Crippen LogP contribution in [0, 0.1) is 12.7 Å². The summed E-state index contributed by atoms with van der Waals surface area (Å²) in [6.07, 6.45) is 0. The fourth-order valence-corrected chi connectivity index (χ4v) is 2.65. The molecule has 1 amide bonds. The maximum absolute atomic E-state index is 13.0. The Balaban J connectivity index is 1.54. The number of hydrogen-bond donors (Lipinski definition) is 1. The quantitative estimate of drug-likeness (QED) is 0.622. The molecule has 0 aliphatic heterocycles. The van der Waals surface area contributed by atoms with E-state index in [2.05, 4.69) is 10.5 Å². The first kappa shape index (κ1) is 19.9. The smallest absolute Gasteiger partial charge is 0.250 e. The number of aryl methyl sites for hydroxylation is 1. The molecule has 3 aromatic rings. The van der Waals surface area contributed by atoms with Gasteiger partial charge < -0.3 is 19.3 Å². The summed E-state index contributed by atoms with van der Waals surface area (Å²) in [6, 6.07) is 10.9. The molecular formula is C20H18ClFN2O4. The number of halogens is 2. The van der Waals surface area contributed by atoms with Gasteiger partial charge in [0.2, 0.25) is 5.91 Å². The number of carbonyl (C=O) groups is 1. The molecule has 2 aromatic carbocycles. The second kappa shape index (κ2) is 8.86. The Morgan fingerprint density at radius 3 is 2.71 bits per heavy atom. The largest absolute Gasteiger partial charge is 0.495 e. The molecule has 28 heavy (non-hydrogen) atoms. The van der Waals surface area contributed by atoms with Crippen molar-refractivity contribution in [2.45, 2.75) is 13.5 Å². The molecule has 0 atom stereocenters. The van der Waals surface area contributed by atoms with Gasteiger partial charge in [-0.3, -0.25) is 4.79 Å². The highest BCUT2D eigenvalue weighted by Gasteiger charge is 2.12. The van der Waals surface area contributed by atoms with Crippen molar-refractivity contribution in [3.05, 3.63) is 64.6 Å². The lowest BCUT2D eigenvalue weighted by Gasteiger charge is -2.12. The summed E-state index contributed by atoms with van der Waals surface area (Å²) in [7, 11) is 1.50. The van der Waals surface area contributed by atoms with Crippen LogP contribution >= 0.6 is 11.6 Å². The molecular weight excluding hydrogens is 387 g/mol. The predicted molar refractivity (Wildman–Crippen MR) is 103 cm³/mol. The maximum Gasteiger partial charge on any atom is 0.250 e.